The number of carbonyl (C=O) groups excluding carboxylic acids is 1. The number of anilines is 2. The molecule has 0 bridgehead atoms. The highest BCUT2D eigenvalue weighted by Gasteiger charge is 2.11. The lowest BCUT2D eigenvalue weighted by Gasteiger charge is -2.09. The SMILES string of the molecule is CCCc1cc(C(=O)Nc2cc(F)ccc2Cl)cc(N)n1. The summed E-state index contributed by atoms with van der Waals surface area (Å²) in [5.74, 6) is -0.610. The number of nitrogens with two attached hydrogens (primary N) is 1. The van der Waals surface area contributed by atoms with Crippen molar-refractivity contribution in [2.75, 3.05) is 11.1 Å². The molecule has 0 radical (unpaired) electrons. The average Bonchev–Trinajstić information content (AvgIpc) is 2.42. The summed E-state index contributed by atoms with van der Waals surface area (Å²) in [7, 11) is 0. The molecule has 0 saturated carbocycles. The number of aryl methyl sites for hydroxylation is 1. The lowest BCUT2D eigenvalue weighted by Crippen LogP contribution is -2.14. The van der Waals surface area contributed by atoms with Crippen molar-refractivity contribution in [2.24, 2.45) is 0 Å². The van der Waals surface area contributed by atoms with E-state index in [4.69, 9.17) is 17.3 Å². The molecule has 3 N–H and O–H groups in total. The van der Waals surface area contributed by atoms with Crippen LogP contribution in [0, 0.1) is 5.82 Å². The number of rotatable bonds is 4. The van der Waals surface area contributed by atoms with Crippen LogP contribution in [0.25, 0.3) is 0 Å². The Hall–Kier alpha value is -2.14. The first kappa shape index (κ1) is 15.3. The molecule has 6 heteroatoms. The van der Waals surface area contributed by atoms with Crippen LogP contribution < -0.4 is 11.1 Å². The Bertz CT molecular complexity index is 676. The van der Waals surface area contributed by atoms with E-state index in [-0.39, 0.29) is 16.5 Å². The maximum atomic E-state index is 13.2. The van der Waals surface area contributed by atoms with Crippen LogP contribution in [-0.2, 0) is 6.42 Å². The van der Waals surface area contributed by atoms with E-state index in [9.17, 15) is 9.18 Å². The maximum absolute atomic E-state index is 13.2. The molecule has 2 aromatic rings. The van der Waals surface area contributed by atoms with Crippen LogP contribution in [0.5, 0.6) is 0 Å². The van der Waals surface area contributed by atoms with E-state index in [0.717, 1.165) is 24.6 Å². The van der Waals surface area contributed by atoms with Crippen molar-refractivity contribution in [3.05, 3.63) is 52.4 Å². The monoisotopic (exact) mass is 307 g/mol. The van der Waals surface area contributed by atoms with Crippen molar-refractivity contribution in [1.29, 1.82) is 0 Å². The summed E-state index contributed by atoms with van der Waals surface area (Å²) in [6.45, 7) is 2.01. The van der Waals surface area contributed by atoms with Crippen LogP contribution in [0.15, 0.2) is 30.3 Å². The van der Waals surface area contributed by atoms with Crippen LogP contribution in [0.2, 0.25) is 5.02 Å². The zero-order valence-corrected chi connectivity index (χ0v) is 12.2. The molecule has 1 aromatic heterocycles. The van der Waals surface area contributed by atoms with Gasteiger partial charge in [-0.1, -0.05) is 24.9 Å². The summed E-state index contributed by atoms with van der Waals surface area (Å²) in [6, 6.07) is 6.92. The molecule has 0 spiro atoms. The first-order valence-electron chi connectivity index (χ1n) is 6.52. The molecule has 1 aromatic carbocycles. The summed E-state index contributed by atoms with van der Waals surface area (Å²) in [6.07, 6.45) is 1.62. The van der Waals surface area contributed by atoms with Crippen molar-refractivity contribution in [3.8, 4) is 0 Å². The molecular weight excluding hydrogens is 293 g/mol. The molecule has 0 aliphatic heterocycles. The third-order valence-electron chi connectivity index (χ3n) is 2.84. The smallest absolute Gasteiger partial charge is 0.255 e. The number of carbonyl (C=O) groups is 1. The van der Waals surface area contributed by atoms with Crippen LogP contribution in [0.3, 0.4) is 0 Å². The molecular formula is C15H15ClFN3O. The molecule has 2 rings (SSSR count). The minimum atomic E-state index is -0.476. The van der Waals surface area contributed by atoms with Crippen LogP contribution in [0.4, 0.5) is 15.9 Å². The number of pyridine rings is 1. The minimum absolute atomic E-state index is 0.217. The van der Waals surface area contributed by atoms with E-state index < -0.39 is 11.7 Å². The lowest BCUT2D eigenvalue weighted by atomic mass is 10.1. The van der Waals surface area contributed by atoms with E-state index in [1.54, 1.807) is 6.07 Å². The van der Waals surface area contributed by atoms with Gasteiger partial charge >= 0.3 is 0 Å². The Morgan fingerprint density at radius 1 is 1.38 bits per heavy atom. The number of nitrogens with zero attached hydrogens (tertiary/aromatic N) is 1. The first-order valence-corrected chi connectivity index (χ1v) is 6.90. The van der Waals surface area contributed by atoms with Gasteiger partial charge in [-0.3, -0.25) is 4.79 Å². The molecule has 1 heterocycles. The van der Waals surface area contributed by atoms with E-state index in [1.165, 1.54) is 18.2 Å². The number of aromatic nitrogens is 1. The van der Waals surface area contributed by atoms with Crippen molar-refractivity contribution < 1.29 is 9.18 Å². The highest BCUT2D eigenvalue weighted by molar-refractivity contribution is 6.33. The van der Waals surface area contributed by atoms with Crippen LogP contribution in [-0.4, -0.2) is 10.9 Å². The summed E-state index contributed by atoms with van der Waals surface area (Å²) in [4.78, 5) is 16.4. The normalized spacial score (nSPS) is 10.4. The Balaban J connectivity index is 2.25. The largest absolute Gasteiger partial charge is 0.384 e. The van der Waals surface area contributed by atoms with Crippen molar-refractivity contribution in [3.63, 3.8) is 0 Å². The zero-order chi connectivity index (χ0) is 15.4. The van der Waals surface area contributed by atoms with Gasteiger partial charge in [0.05, 0.1) is 10.7 Å². The van der Waals surface area contributed by atoms with E-state index >= 15 is 0 Å². The highest BCUT2D eigenvalue weighted by atomic mass is 35.5. The highest BCUT2D eigenvalue weighted by Crippen LogP contribution is 2.23. The van der Waals surface area contributed by atoms with Crippen LogP contribution >= 0.6 is 11.6 Å². The van der Waals surface area contributed by atoms with E-state index in [0.29, 0.717) is 5.56 Å². The van der Waals surface area contributed by atoms with Gasteiger partial charge in [0, 0.05) is 11.3 Å². The van der Waals surface area contributed by atoms with Gasteiger partial charge in [-0.05, 0) is 36.8 Å². The number of nitrogens with one attached hydrogen (secondary N) is 1. The molecule has 0 fully saturated rings. The van der Waals surface area contributed by atoms with Crippen molar-refractivity contribution in [1.82, 2.24) is 4.98 Å². The number of benzene rings is 1. The number of halogens is 2. The molecule has 0 aliphatic carbocycles. The van der Waals surface area contributed by atoms with Crippen molar-refractivity contribution in [2.45, 2.75) is 19.8 Å². The standard InChI is InChI=1S/C15H15ClFN3O/c1-2-3-11-6-9(7-14(18)19-11)15(21)20-13-8-10(17)4-5-12(13)16/h4-8H,2-3H2,1H3,(H2,18,19)(H,20,21). The van der Waals surface area contributed by atoms with Gasteiger partial charge in [0.15, 0.2) is 0 Å². The fraction of sp³-hybridized carbons (Fsp3) is 0.200. The Kier molecular flexibility index (Phi) is 4.75. The number of nitrogen functional groups attached to an aromatic ring is 1. The van der Waals surface area contributed by atoms with Crippen molar-refractivity contribution >= 4 is 29.0 Å². The molecule has 0 saturated heterocycles. The van der Waals surface area contributed by atoms with Gasteiger partial charge in [0.1, 0.15) is 11.6 Å². The van der Waals surface area contributed by atoms with Gasteiger partial charge in [-0.2, -0.15) is 0 Å². The van der Waals surface area contributed by atoms with Crippen LogP contribution in [0.1, 0.15) is 29.4 Å². The quantitative estimate of drug-likeness (QED) is 0.905. The summed E-state index contributed by atoms with van der Waals surface area (Å²) >= 11 is 5.92. The molecule has 0 unspecified atom stereocenters. The van der Waals surface area contributed by atoms with Gasteiger partial charge in [-0.25, -0.2) is 9.37 Å². The first-order chi connectivity index (χ1) is 9.99. The second kappa shape index (κ2) is 6.54. The molecule has 110 valence electrons. The Morgan fingerprint density at radius 3 is 2.86 bits per heavy atom. The number of hydrogen-bond acceptors (Lipinski definition) is 3. The Morgan fingerprint density at radius 2 is 2.14 bits per heavy atom. The van der Waals surface area contributed by atoms with E-state index in [2.05, 4.69) is 10.3 Å². The van der Waals surface area contributed by atoms with Gasteiger partial charge in [0.25, 0.3) is 5.91 Å². The van der Waals surface area contributed by atoms with Gasteiger partial charge in [-0.15, -0.1) is 0 Å². The second-order valence-electron chi connectivity index (χ2n) is 4.60. The summed E-state index contributed by atoms with van der Waals surface area (Å²) in [5.41, 5.74) is 7.02. The van der Waals surface area contributed by atoms with Gasteiger partial charge < -0.3 is 11.1 Å². The maximum Gasteiger partial charge on any atom is 0.255 e. The zero-order valence-electron chi connectivity index (χ0n) is 11.5. The lowest BCUT2D eigenvalue weighted by molar-refractivity contribution is 0.102. The number of hydrogen-bond donors (Lipinski definition) is 2. The van der Waals surface area contributed by atoms with Gasteiger partial charge in [0.2, 0.25) is 0 Å². The minimum Gasteiger partial charge on any atom is -0.384 e. The summed E-state index contributed by atoms with van der Waals surface area (Å²) in [5, 5.41) is 2.83. The molecule has 0 aliphatic rings. The molecule has 4 nitrogen and oxygen atoms in total. The topological polar surface area (TPSA) is 68.0 Å². The van der Waals surface area contributed by atoms with E-state index in [1.807, 2.05) is 6.92 Å². The second-order valence-corrected chi connectivity index (χ2v) is 5.01. The third kappa shape index (κ3) is 3.92. The average molecular weight is 308 g/mol. The third-order valence-corrected chi connectivity index (χ3v) is 3.17. The molecule has 21 heavy (non-hydrogen) atoms. The predicted octanol–water partition coefficient (Wildman–Crippen LogP) is 3.66. The number of amides is 1. The predicted molar refractivity (Wildman–Crippen MR) is 82.0 cm³/mol. The fourth-order valence-electron chi connectivity index (χ4n) is 1.91. The Labute approximate surface area is 127 Å². The fourth-order valence-corrected chi connectivity index (χ4v) is 2.08. The molecule has 1 amide bonds. The summed E-state index contributed by atoms with van der Waals surface area (Å²) < 4.78 is 13.2. The molecule has 0 atom stereocenters.